The molecule has 2 nitrogen and oxygen atoms in total. The lowest BCUT2D eigenvalue weighted by Crippen LogP contribution is -2.27. The van der Waals surface area contributed by atoms with Gasteiger partial charge in [0.05, 0.1) is 0 Å². The van der Waals surface area contributed by atoms with Gasteiger partial charge in [0.2, 0.25) is 0 Å². The normalized spacial score (nSPS) is 8.44. The van der Waals surface area contributed by atoms with Crippen LogP contribution in [0.4, 0.5) is 0 Å². The molecule has 0 aliphatic rings. The highest BCUT2D eigenvalue weighted by molar-refractivity contribution is 4.66. The Hall–Kier alpha value is -0.760. The fourth-order valence-corrected chi connectivity index (χ4v) is 0.479. The molecule has 52 valence electrons. The van der Waals surface area contributed by atoms with Crippen molar-refractivity contribution in [2.45, 2.75) is 12.8 Å². The van der Waals surface area contributed by atoms with E-state index in [1.165, 1.54) is 0 Å². The predicted molar refractivity (Wildman–Crippen MR) is 40.8 cm³/mol. The van der Waals surface area contributed by atoms with Gasteiger partial charge in [0.1, 0.15) is 0 Å². The second kappa shape index (κ2) is 7.24. The monoisotopic (exact) mass is 126 g/mol. The van der Waals surface area contributed by atoms with Crippen LogP contribution in [0.15, 0.2) is 25.4 Å². The van der Waals surface area contributed by atoms with E-state index in [1.54, 1.807) is 6.20 Å². The van der Waals surface area contributed by atoms with E-state index in [0.717, 1.165) is 19.4 Å². The van der Waals surface area contributed by atoms with Crippen LogP contribution in [0.25, 0.3) is 0 Å². The van der Waals surface area contributed by atoms with Crippen molar-refractivity contribution < 1.29 is 0 Å². The van der Waals surface area contributed by atoms with Crippen LogP contribution in [-0.4, -0.2) is 6.54 Å². The Bertz CT molecular complexity index is 69.0. The summed E-state index contributed by atoms with van der Waals surface area (Å²) in [5, 5.41) is 0. The summed E-state index contributed by atoms with van der Waals surface area (Å²) < 4.78 is 0. The zero-order valence-electron chi connectivity index (χ0n) is 5.69. The smallest absolute Gasteiger partial charge is 0.0150 e. The van der Waals surface area contributed by atoms with Gasteiger partial charge in [-0.25, -0.2) is 5.43 Å². The fraction of sp³-hybridized carbons (Fsp3) is 0.429. The topological polar surface area (TPSA) is 24.1 Å². The summed E-state index contributed by atoms with van der Waals surface area (Å²) in [4.78, 5) is 0. The van der Waals surface area contributed by atoms with Crippen molar-refractivity contribution in [3.63, 3.8) is 0 Å². The highest BCUT2D eigenvalue weighted by atomic mass is 15.3. The quantitative estimate of drug-likeness (QED) is 0.317. The van der Waals surface area contributed by atoms with E-state index in [4.69, 9.17) is 0 Å². The molecule has 0 bridgehead atoms. The molecule has 0 saturated heterocycles. The molecule has 0 heterocycles. The Morgan fingerprint density at radius 1 is 1.33 bits per heavy atom. The van der Waals surface area contributed by atoms with Crippen LogP contribution in [0.2, 0.25) is 0 Å². The van der Waals surface area contributed by atoms with Crippen molar-refractivity contribution >= 4 is 0 Å². The number of hydrazine groups is 1. The van der Waals surface area contributed by atoms with Crippen molar-refractivity contribution in [2.24, 2.45) is 0 Å². The van der Waals surface area contributed by atoms with E-state index in [0.29, 0.717) is 0 Å². The van der Waals surface area contributed by atoms with Gasteiger partial charge >= 0.3 is 0 Å². The molecule has 0 radical (unpaired) electrons. The van der Waals surface area contributed by atoms with Crippen molar-refractivity contribution in [3.8, 4) is 0 Å². The maximum absolute atomic E-state index is 3.61. The molecule has 0 saturated carbocycles. The Morgan fingerprint density at radius 2 is 2.11 bits per heavy atom. The summed E-state index contributed by atoms with van der Waals surface area (Å²) in [6, 6.07) is 0. The number of allylic oxidation sites excluding steroid dienone is 1. The van der Waals surface area contributed by atoms with Crippen LogP contribution < -0.4 is 10.9 Å². The molecular weight excluding hydrogens is 112 g/mol. The van der Waals surface area contributed by atoms with Crippen LogP contribution in [0.1, 0.15) is 12.8 Å². The lowest BCUT2D eigenvalue weighted by Gasteiger charge is -1.99. The Balaban J connectivity index is 2.74. The maximum atomic E-state index is 3.61. The highest BCUT2D eigenvalue weighted by Gasteiger charge is 1.79. The third-order valence-corrected chi connectivity index (χ3v) is 0.914. The minimum absolute atomic E-state index is 0.956. The van der Waals surface area contributed by atoms with E-state index in [1.807, 2.05) is 6.08 Å². The Labute approximate surface area is 56.6 Å². The molecule has 0 aliphatic carbocycles. The van der Waals surface area contributed by atoms with Gasteiger partial charge < -0.3 is 5.43 Å². The van der Waals surface area contributed by atoms with Crippen molar-refractivity contribution in [1.82, 2.24) is 10.9 Å². The van der Waals surface area contributed by atoms with Gasteiger partial charge in [-0.1, -0.05) is 12.7 Å². The molecule has 0 spiro atoms. The van der Waals surface area contributed by atoms with Gasteiger partial charge in [-0.2, -0.15) is 0 Å². The molecule has 0 aromatic carbocycles. The minimum Gasteiger partial charge on any atom is -0.329 e. The van der Waals surface area contributed by atoms with Crippen LogP contribution >= 0.6 is 0 Å². The zero-order valence-corrected chi connectivity index (χ0v) is 5.69. The third kappa shape index (κ3) is 7.24. The first-order valence-electron chi connectivity index (χ1n) is 3.12. The standard InChI is InChI=1S/C7H14N2/c1-3-5-6-7-9-8-4-2/h3-4,8-9H,1-2,5-7H2. The lowest BCUT2D eigenvalue weighted by molar-refractivity contribution is 0.603. The van der Waals surface area contributed by atoms with Crippen molar-refractivity contribution in [1.29, 1.82) is 0 Å². The van der Waals surface area contributed by atoms with Crippen LogP contribution in [0.3, 0.4) is 0 Å². The first-order chi connectivity index (χ1) is 4.41. The number of unbranched alkanes of at least 4 members (excludes halogenated alkanes) is 1. The summed E-state index contributed by atoms with van der Waals surface area (Å²) >= 11 is 0. The van der Waals surface area contributed by atoms with Gasteiger partial charge in [-0.15, -0.1) is 6.58 Å². The SMILES string of the molecule is C=CCCCNNC=C. The lowest BCUT2D eigenvalue weighted by atomic mass is 10.3. The molecule has 9 heavy (non-hydrogen) atoms. The first kappa shape index (κ1) is 8.24. The first-order valence-corrected chi connectivity index (χ1v) is 3.12. The van der Waals surface area contributed by atoms with Gasteiger partial charge in [0, 0.05) is 12.7 Å². The number of hydrogen-bond donors (Lipinski definition) is 2. The summed E-state index contributed by atoms with van der Waals surface area (Å²) in [6.45, 7) is 8.05. The Kier molecular flexibility index (Phi) is 6.63. The molecule has 0 fully saturated rings. The van der Waals surface area contributed by atoms with Crippen LogP contribution in [0, 0.1) is 0 Å². The van der Waals surface area contributed by atoms with Crippen molar-refractivity contribution in [2.75, 3.05) is 6.54 Å². The van der Waals surface area contributed by atoms with Crippen molar-refractivity contribution in [3.05, 3.63) is 25.4 Å². The third-order valence-electron chi connectivity index (χ3n) is 0.914. The second-order valence-electron chi connectivity index (χ2n) is 1.71. The molecule has 2 heteroatoms. The van der Waals surface area contributed by atoms with Gasteiger partial charge in [-0.3, -0.25) is 0 Å². The number of hydrogen-bond acceptors (Lipinski definition) is 2. The highest BCUT2D eigenvalue weighted by Crippen LogP contribution is 1.84. The summed E-state index contributed by atoms with van der Waals surface area (Å²) in [5.41, 5.74) is 5.74. The molecule has 0 aromatic heterocycles. The molecule has 0 amide bonds. The van der Waals surface area contributed by atoms with Gasteiger partial charge in [0.15, 0.2) is 0 Å². The summed E-state index contributed by atoms with van der Waals surface area (Å²) in [7, 11) is 0. The average molecular weight is 126 g/mol. The van der Waals surface area contributed by atoms with Gasteiger partial charge in [0.25, 0.3) is 0 Å². The summed E-state index contributed by atoms with van der Waals surface area (Å²) in [5.74, 6) is 0. The van der Waals surface area contributed by atoms with E-state index >= 15 is 0 Å². The van der Waals surface area contributed by atoms with Crippen LogP contribution in [-0.2, 0) is 0 Å². The predicted octanol–water partition coefficient (Wildman–Crippen LogP) is 1.19. The van der Waals surface area contributed by atoms with E-state index in [2.05, 4.69) is 24.0 Å². The molecule has 0 aromatic rings. The molecule has 0 rings (SSSR count). The Morgan fingerprint density at radius 3 is 2.67 bits per heavy atom. The molecule has 0 atom stereocenters. The second-order valence-corrected chi connectivity index (χ2v) is 1.71. The zero-order chi connectivity index (χ0) is 6.95. The van der Waals surface area contributed by atoms with E-state index in [-0.39, 0.29) is 0 Å². The van der Waals surface area contributed by atoms with Gasteiger partial charge in [-0.05, 0) is 12.8 Å². The van der Waals surface area contributed by atoms with Crippen LogP contribution in [0.5, 0.6) is 0 Å². The average Bonchev–Trinajstić information content (AvgIpc) is 1.89. The minimum atomic E-state index is 0.956. The fourth-order valence-electron chi connectivity index (χ4n) is 0.479. The molecule has 0 unspecified atom stereocenters. The van der Waals surface area contributed by atoms with E-state index < -0.39 is 0 Å². The molecule has 2 N–H and O–H groups in total. The number of nitrogens with one attached hydrogen (secondary N) is 2. The molecule has 0 aliphatic heterocycles. The van der Waals surface area contributed by atoms with E-state index in [9.17, 15) is 0 Å². The largest absolute Gasteiger partial charge is 0.329 e. The number of rotatable bonds is 6. The molecular formula is C7H14N2. The maximum Gasteiger partial charge on any atom is 0.0150 e. The summed E-state index contributed by atoms with van der Waals surface area (Å²) in [6.07, 6.45) is 5.71.